The largest absolute Gasteiger partial charge is 0.755 e. The zero-order valence-corrected chi connectivity index (χ0v) is 8.97. The lowest BCUT2D eigenvalue weighted by atomic mass is 10.1. The Kier molecular flexibility index (Phi) is 4.62. The fourth-order valence-corrected chi connectivity index (χ4v) is 1.67. The molecule has 0 fully saturated rings. The Morgan fingerprint density at radius 3 is 2.79 bits per heavy atom. The first-order chi connectivity index (χ1) is 6.74. The molecule has 0 aliphatic carbocycles. The zero-order valence-electron chi connectivity index (χ0n) is 8.16. The Morgan fingerprint density at radius 2 is 2.14 bits per heavy atom. The van der Waals surface area contributed by atoms with Gasteiger partial charge >= 0.3 is 0 Å². The Labute approximate surface area is 87.0 Å². The van der Waals surface area contributed by atoms with E-state index in [2.05, 4.69) is 11.6 Å². The maximum Gasteiger partial charge on any atom is 0.0484 e. The molecule has 1 aromatic rings. The van der Waals surface area contributed by atoms with Gasteiger partial charge in [-0.25, -0.2) is 0 Å². The van der Waals surface area contributed by atoms with Crippen molar-refractivity contribution in [3.63, 3.8) is 0 Å². The molecule has 1 rings (SSSR count). The lowest BCUT2D eigenvalue weighted by Gasteiger charge is -2.12. The van der Waals surface area contributed by atoms with E-state index in [1.54, 1.807) is 6.07 Å². The van der Waals surface area contributed by atoms with E-state index in [4.69, 9.17) is 0 Å². The van der Waals surface area contributed by atoms with Crippen molar-refractivity contribution in [1.29, 1.82) is 0 Å². The summed E-state index contributed by atoms with van der Waals surface area (Å²) in [5.74, 6) is 0. The number of anilines is 1. The Morgan fingerprint density at radius 1 is 1.43 bits per heavy atom. The molecular weight excluding hydrogens is 198 g/mol. The number of hydrogen-bond donors (Lipinski definition) is 1. The van der Waals surface area contributed by atoms with Crippen molar-refractivity contribution in [1.82, 2.24) is 0 Å². The maximum atomic E-state index is 10.5. The van der Waals surface area contributed by atoms with Crippen molar-refractivity contribution in [3.05, 3.63) is 29.8 Å². The summed E-state index contributed by atoms with van der Waals surface area (Å²) >= 11 is -2.23. The second kappa shape index (κ2) is 5.78. The highest BCUT2D eigenvalue weighted by Gasteiger charge is 1.99. The molecule has 0 aliphatic heterocycles. The van der Waals surface area contributed by atoms with E-state index in [0.29, 0.717) is 5.69 Å². The van der Waals surface area contributed by atoms with E-state index in [1.807, 2.05) is 18.2 Å². The molecule has 0 radical (unpaired) electrons. The summed E-state index contributed by atoms with van der Waals surface area (Å²) in [7, 11) is 0. The standard InChI is InChI=1S/C10H15NO2S/c1-2-3-6-9-7-4-5-8-10(9)11-14(12)13/h4-5,7-8,11H,2-3,6H2,1H3,(H,12,13)/p-1. The highest BCUT2D eigenvalue weighted by Crippen LogP contribution is 2.17. The molecule has 4 heteroatoms. The van der Waals surface area contributed by atoms with Crippen molar-refractivity contribution in [2.24, 2.45) is 0 Å². The van der Waals surface area contributed by atoms with Crippen LogP contribution in [0.25, 0.3) is 0 Å². The van der Waals surface area contributed by atoms with Crippen molar-refractivity contribution >= 4 is 17.0 Å². The van der Waals surface area contributed by atoms with Crippen LogP contribution in [-0.2, 0) is 17.7 Å². The van der Waals surface area contributed by atoms with E-state index in [9.17, 15) is 8.76 Å². The van der Waals surface area contributed by atoms with Gasteiger partial charge in [-0.1, -0.05) is 31.5 Å². The van der Waals surface area contributed by atoms with Crippen LogP contribution in [0.3, 0.4) is 0 Å². The molecule has 0 spiro atoms. The summed E-state index contributed by atoms with van der Waals surface area (Å²) in [6.07, 6.45) is 3.09. The number of para-hydroxylation sites is 1. The minimum absolute atomic E-state index is 0.689. The average molecular weight is 212 g/mol. The third kappa shape index (κ3) is 3.47. The predicted octanol–water partition coefficient (Wildman–Crippen LogP) is 2.24. The minimum atomic E-state index is -2.23. The zero-order chi connectivity index (χ0) is 10.4. The topological polar surface area (TPSA) is 52.2 Å². The van der Waals surface area contributed by atoms with Crippen LogP contribution in [0.15, 0.2) is 24.3 Å². The van der Waals surface area contributed by atoms with Crippen LogP contribution in [0, 0.1) is 0 Å². The van der Waals surface area contributed by atoms with E-state index in [-0.39, 0.29) is 0 Å². The number of benzene rings is 1. The normalized spacial score (nSPS) is 12.4. The maximum absolute atomic E-state index is 10.5. The van der Waals surface area contributed by atoms with Crippen LogP contribution in [-0.4, -0.2) is 8.76 Å². The van der Waals surface area contributed by atoms with Gasteiger partial charge in [-0.15, -0.1) is 0 Å². The lowest BCUT2D eigenvalue weighted by molar-refractivity contribution is 0.542. The molecule has 0 aliphatic rings. The Balaban J connectivity index is 2.74. The number of hydrogen-bond acceptors (Lipinski definition) is 2. The predicted molar refractivity (Wildman–Crippen MR) is 57.6 cm³/mol. The molecular formula is C10H14NO2S-. The highest BCUT2D eigenvalue weighted by molar-refractivity contribution is 7.80. The smallest absolute Gasteiger partial charge is 0.0484 e. The molecule has 3 nitrogen and oxygen atoms in total. The van der Waals surface area contributed by atoms with Gasteiger partial charge in [0.05, 0.1) is 0 Å². The third-order valence-electron chi connectivity index (χ3n) is 2.01. The molecule has 78 valence electrons. The monoisotopic (exact) mass is 212 g/mol. The SMILES string of the molecule is CCCCc1ccccc1NS(=O)[O-]. The van der Waals surface area contributed by atoms with Crippen molar-refractivity contribution in [3.8, 4) is 0 Å². The first kappa shape index (κ1) is 11.2. The van der Waals surface area contributed by atoms with Gasteiger partial charge in [-0.05, 0) is 24.5 Å². The highest BCUT2D eigenvalue weighted by atomic mass is 32.2. The van der Waals surface area contributed by atoms with Gasteiger partial charge in [0, 0.05) is 17.0 Å². The first-order valence-corrected chi connectivity index (χ1v) is 5.75. The molecule has 1 atom stereocenters. The molecule has 0 bridgehead atoms. The van der Waals surface area contributed by atoms with Crippen LogP contribution in [0.4, 0.5) is 5.69 Å². The summed E-state index contributed by atoms with van der Waals surface area (Å²) < 4.78 is 23.4. The lowest BCUT2D eigenvalue weighted by Crippen LogP contribution is -2.04. The molecule has 0 heterocycles. The molecule has 1 N–H and O–H groups in total. The second-order valence-corrected chi connectivity index (χ2v) is 3.77. The Hall–Kier alpha value is -0.870. The van der Waals surface area contributed by atoms with E-state index in [0.717, 1.165) is 24.8 Å². The van der Waals surface area contributed by atoms with Gasteiger partial charge in [-0.3, -0.25) is 4.21 Å². The van der Waals surface area contributed by atoms with Gasteiger partial charge in [0.2, 0.25) is 0 Å². The summed E-state index contributed by atoms with van der Waals surface area (Å²) in [5, 5.41) is 0. The van der Waals surface area contributed by atoms with Crippen LogP contribution in [0.2, 0.25) is 0 Å². The summed E-state index contributed by atoms with van der Waals surface area (Å²) in [6, 6.07) is 7.47. The van der Waals surface area contributed by atoms with Crippen LogP contribution >= 0.6 is 0 Å². The second-order valence-electron chi connectivity index (χ2n) is 3.10. The van der Waals surface area contributed by atoms with Gasteiger partial charge in [-0.2, -0.15) is 0 Å². The van der Waals surface area contributed by atoms with Crippen LogP contribution in [0.1, 0.15) is 25.3 Å². The van der Waals surface area contributed by atoms with Gasteiger partial charge in [0.1, 0.15) is 0 Å². The molecule has 0 aromatic heterocycles. The van der Waals surface area contributed by atoms with E-state index in [1.165, 1.54) is 0 Å². The van der Waals surface area contributed by atoms with E-state index >= 15 is 0 Å². The fraction of sp³-hybridized carbons (Fsp3) is 0.400. The quantitative estimate of drug-likeness (QED) is 0.761. The van der Waals surface area contributed by atoms with Crippen LogP contribution in [0.5, 0.6) is 0 Å². The summed E-state index contributed by atoms with van der Waals surface area (Å²) in [6.45, 7) is 2.11. The van der Waals surface area contributed by atoms with Gasteiger partial charge < -0.3 is 9.27 Å². The molecule has 0 saturated heterocycles. The number of nitrogens with one attached hydrogen (secondary N) is 1. The minimum Gasteiger partial charge on any atom is -0.755 e. The van der Waals surface area contributed by atoms with Gasteiger partial charge in [0.25, 0.3) is 0 Å². The molecule has 14 heavy (non-hydrogen) atoms. The van der Waals surface area contributed by atoms with Crippen molar-refractivity contribution in [2.75, 3.05) is 4.72 Å². The average Bonchev–Trinajstić information content (AvgIpc) is 2.16. The summed E-state index contributed by atoms with van der Waals surface area (Å²) in [4.78, 5) is 0. The van der Waals surface area contributed by atoms with Crippen molar-refractivity contribution in [2.45, 2.75) is 26.2 Å². The van der Waals surface area contributed by atoms with Crippen molar-refractivity contribution < 1.29 is 8.76 Å². The summed E-state index contributed by atoms with van der Waals surface area (Å²) in [5.41, 5.74) is 1.74. The van der Waals surface area contributed by atoms with Gasteiger partial charge in [0.15, 0.2) is 0 Å². The Bertz CT molecular complexity index is 315. The number of unbranched alkanes of at least 4 members (excludes halogenated alkanes) is 1. The number of aryl methyl sites for hydroxylation is 1. The first-order valence-electron chi connectivity index (χ1n) is 4.68. The molecule has 1 aromatic carbocycles. The molecule has 1 unspecified atom stereocenters. The van der Waals surface area contributed by atoms with E-state index < -0.39 is 11.3 Å². The van der Waals surface area contributed by atoms with Crippen LogP contribution < -0.4 is 4.72 Å². The molecule has 0 amide bonds. The third-order valence-corrected chi connectivity index (χ3v) is 2.40. The molecule has 0 saturated carbocycles. The number of rotatable bonds is 5. The fourth-order valence-electron chi connectivity index (χ4n) is 1.29.